The zero-order valence-electron chi connectivity index (χ0n) is 15.7. The number of piperidine rings is 1. The average molecular weight is 379 g/mol. The molecule has 5 nitrogen and oxygen atoms in total. The van der Waals surface area contributed by atoms with E-state index >= 15 is 0 Å². The first-order valence-corrected chi connectivity index (χ1v) is 10.7. The molecule has 1 amide bonds. The van der Waals surface area contributed by atoms with E-state index in [9.17, 15) is 9.59 Å². The molecule has 144 valence electrons. The molecule has 2 heterocycles. The zero-order chi connectivity index (χ0) is 18.6. The predicted molar refractivity (Wildman–Crippen MR) is 104 cm³/mol. The van der Waals surface area contributed by atoms with Crippen molar-refractivity contribution >= 4 is 23.2 Å². The van der Waals surface area contributed by atoms with Gasteiger partial charge in [-0.3, -0.25) is 14.5 Å². The molecule has 2 aliphatic rings. The lowest BCUT2D eigenvalue weighted by atomic mass is 9.71. The maximum absolute atomic E-state index is 13.5. The smallest absolute Gasteiger partial charge is 0.317 e. The van der Waals surface area contributed by atoms with Crippen molar-refractivity contribution in [1.82, 2.24) is 9.80 Å². The molecule has 0 aromatic carbocycles. The largest absolute Gasteiger partial charge is 0.480 e. The molecule has 26 heavy (non-hydrogen) atoms. The molecule has 1 aromatic heterocycles. The molecule has 1 aliphatic heterocycles. The zero-order valence-corrected chi connectivity index (χ0v) is 16.5. The Bertz CT molecular complexity index is 603. The maximum Gasteiger partial charge on any atom is 0.317 e. The van der Waals surface area contributed by atoms with Gasteiger partial charge in [-0.05, 0) is 43.7 Å². The van der Waals surface area contributed by atoms with Crippen molar-refractivity contribution in [2.45, 2.75) is 63.3 Å². The van der Waals surface area contributed by atoms with E-state index in [4.69, 9.17) is 5.11 Å². The number of amides is 1. The number of nitrogens with zero attached hydrogens (tertiary/aromatic N) is 2. The fraction of sp³-hybridized carbons (Fsp3) is 0.700. The molecule has 1 saturated heterocycles. The van der Waals surface area contributed by atoms with Crippen molar-refractivity contribution in [3.8, 4) is 0 Å². The third-order valence-corrected chi connectivity index (χ3v) is 7.20. The van der Waals surface area contributed by atoms with Crippen LogP contribution in [0.4, 0.5) is 0 Å². The van der Waals surface area contributed by atoms with E-state index in [1.165, 1.54) is 11.3 Å². The van der Waals surface area contributed by atoms with Crippen LogP contribution in [0.5, 0.6) is 0 Å². The number of carboxylic acid groups (broad SMARTS) is 1. The van der Waals surface area contributed by atoms with E-state index in [1.807, 2.05) is 11.8 Å². The Balaban J connectivity index is 1.68. The van der Waals surface area contributed by atoms with Crippen LogP contribution < -0.4 is 0 Å². The van der Waals surface area contributed by atoms with Crippen molar-refractivity contribution in [3.63, 3.8) is 0 Å². The highest BCUT2D eigenvalue weighted by molar-refractivity contribution is 7.10. The van der Waals surface area contributed by atoms with E-state index in [2.05, 4.69) is 22.4 Å². The normalized spacial score (nSPS) is 21.1. The Morgan fingerprint density at radius 1 is 1.27 bits per heavy atom. The third kappa shape index (κ3) is 3.96. The molecule has 1 saturated carbocycles. The third-order valence-electron chi connectivity index (χ3n) is 6.12. The molecule has 1 N–H and O–H groups in total. The fourth-order valence-electron chi connectivity index (χ4n) is 4.68. The highest BCUT2D eigenvalue weighted by atomic mass is 32.1. The van der Waals surface area contributed by atoms with Crippen LogP contribution in [0.3, 0.4) is 0 Å². The molecule has 0 bridgehead atoms. The summed E-state index contributed by atoms with van der Waals surface area (Å²) in [6, 6.07) is 4.46. The number of likely N-dealkylation sites (tertiary alicyclic amines) is 1. The van der Waals surface area contributed by atoms with E-state index in [-0.39, 0.29) is 18.0 Å². The van der Waals surface area contributed by atoms with E-state index in [0.29, 0.717) is 5.91 Å². The van der Waals surface area contributed by atoms with Crippen LogP contribution in [0.1, 0.15) is 56.7 Å². The summed E-state index contributed by atoms with van der Waals surface area (Å²) in [5.41, 5.74) is -0.315. The van der Waals surface area contributed by atoms with Gasteiger partial charge in [-0.25, -0.2) is 0 Å². The summed E-state index contributed by atoms with van der Waals surface area (Å²) >= 11 is 1.72. The lowest BCUT2D eigenvalue weighted by Crippen LogP contribution is -2.53. The van der Waals surface area contributed by atoms with Crippen LogP contribution in [0.25, 0.3) is 0 Å². The predicted octanol–water partition coefficient (Wildman–Crippen LogP) is 3.35. The molecule has 0 atom stereocenters. The highest BCUT2D eigenvalue weighted by Gasteiger charge is 2.45. The van der Waals surface area contributed by atoms with Crippen molar-refractivity contribution in [1.29, 1.82) is 0 Å². The van der Waals surface area contributed by atoms with Crippen molar-refractivity contribution < 1.29 is 14.7 Å². The first kappa shape index (κ1) is 19.4. The second-order valence-electron chi connectivity index (χ2n) is 7.60. The molecule has 0 spiro atoms. The number of thiophene rings is 1. The van der Waals surface area contributed by atoms with Gasteiger partial charge in [0.2, 0.25) is 5.91 Å². The minimum Gasteiger partial charge on any atom is -0.480 e. The number of carboxylic acids is 1. The van der Waals surface area contributed by atoms with Crippen molar-refractivity contribution in [2.24, 2.45) is 0 Å². The topological polar surface area (TPSA) is 60.9 Å². The van der Waals surface area contributed by atoms with Gasteiger partial charge >= 0.3 is 5.97 Å². The Labute approximate surface area is 160 Å². The van der Waals surface area contributed by atoms with Gasteiger partial charge in [0.05, 0.1) is 12.0 Å². The summed E-state index contributed by atoms with van der Waals surface area (Å²) in [6.07, 6.45) is 7.15. The minimum absolute atomic E-state index is 0.0915. The van der Waals surface area contributed by atoms with Crippen LogP contribution in [0, 0.1) is 0 Å². The lowest BCUT2D eigenvalue weighted by molar-refractivity contribution is -0.142. The van der Waals surface area contributed by atoms with Gasteiger partial charge in [0.1, 0.15) is 0 Å². The maximum atomic E-state index is 13.5. The van der Waals surface area contributed by atoms with Crippen LogP contribution in [0.2, 0.25) is 0 Å². The summed E-state index contributed by atoms with van der Waals surface area (Å²) in [5.74, 6) is -0.469. The summed E-state index contributed by atoms with van der Waals surface area (Å²) in [6.45, 7) is 4.33. The summed E-state index contributed by atoms with van der Waals surface area (Å²) in [5, 5.41) is 11.2. The molecule has 0 radical (unpaired) electrons. The summed E-state index contributed by atoms with van der Waals surface area (Å²) < 4.78 is 0. The van der Waals surface area contributed by atoms with Crippen LogP contribution in [0.15, 0.2) is 17.5 Å². The number of carbonyl (C=O) groups excluding carboxylic acids is 1. The Morgan fingerprint density at radius 2 is 1.96 bits per heavy atom. The molecule has 3 rings (SSSR count). The van der Waals surface area contributed by atoms with Crippen LogP contribution in [-0.4, -0.2) is 59.0 Å². The van der Waals surface area contributed by atoms with Gasteiger partial charge in [-0.2, -0.15) is 0 Å². The fourth-order valence-corrected chi connectivity index (χ4v) is 5.66. The van der Waals surface area contributed by atoms with Gasteiger partial charge in [-0.1, -0.05) is 32.3 Å². The van der Waals surface area contributed by atoms with Gasteiger partial charge in [0, 0.05) is 24.0 Å². The lowest BCUT2D eigenvalue weighted by Gasteiger charge is -2.43. The number of hydrogen-bond donors (Lipinski definition) is 1. The van der Waals surface area contributed by atoms with E-state index in [1.54, 1.807) is 11.3 Å². The molecule has 1 aromatic rings. The molecular weight excluding hydrogens is 348 g/mol. The van der Waals surface area contributed by atoms with Crippen LogP contribution >= 0.6 is 11.3 Å². The second kappa shape index (κ2) is 8.53. The molecular formula is C20H30N2O3S. The summed E-state index contributed by atoms with van der Waals surface area (Å²) in [7, 11) is 0. The standard InChI is InChI=1S/C20H30N2O3S/c1-2-21(15-18(23)24)16-8-12-22(13-9-16)19(25)20(10-4-3-5-11-20)17-7-6-14-26-17/h6-7,14,16H,2-5,8-13,15H2,1H3,(H,23,24). The summed E-state index contributed by atoms with van der Waals surface area (Å²) in [4.78, 5) is 29.9. The number of carbonyl (C=O) groups is 2. The second-order valence-corrected chi connectivity index (χ2v) is 8.55. The highest BCUT2D eigenvalue weighted by Crippen LogP contribution is 2.43. The van der Waals surface area contributed by atoms with E-state index < -0.39 is 5.97 Å². The van der Waals surface area contributed by atoms with E-state index in [0.717, 1.165) is 58.2 Å². The first-order valence-electron chi connectivity index (χ1n) is 9.86. The van der Waals surface area contributed by atoms with Gasteiger partial charge < -0.3 is 10.0 Å². The quantitative estimate of drug-likeness (QED) is 0.825. The number of likely N-dealkylation sites (N-methyl/N-ethyl adjacent to an activating group) is 1. The minimum atomic E-state index is -0.774. The molecule has 6 heteroatoms. The Hall–Kier alpha value is -1.40. The van der Waals surface area contributed by atoms with Gasteiger partial charge in [-0.15, -0.1) is 11.3 Å². The average Bonchev–Trinajstić information content (AvgIpc) is 3.21. The van der Waals surface area contributed by atoms with Crippen molar-refractivity contribution in [2.75, 3.05) is 26.2 Å². The molecule has 2 fully saturated rings. The monoisotopic (exact) mass is 378 g/mol. The van der Waals surface area contributed by atoms with Gasteiger partial charge in [0.15, 0.2) is 0 Å². The number of hydrogen-bond acceptors (Lipinski definition) is 4. The molecule has 0 unspecified atom stereocenters. The van der Waals surface area contributed by atoms with Gasteiger partial charge in [0.25, 0.3) is 0 Å². The Kier molecular flexibility index (Phi) is 6.35. The molecule has 1 aliphatic carbocycles. The van der Waals surface area contributed by atoms with Crippen LogP contribution in [-0.2, 0) is 15.0 Å². The Morgan fingerprint density at radius 3 is 2.50 bits per heavy atom. The van der Waals surface area contributed by atoms with Crippen molar-refractivity contribution in [3.05, 3.63) is 22.4 Å². The first-order chi connectivity index (χ1) is 12.6. The number of rotatable bonds is 6. The number of aliphatic carboxylic acids is 1. The SMILES string of the molecule is CCN(CC(=O)O)C1CCN(C(=O)C2(c3cccs3)CCCCC2)CC1.